The van der Waals surface area contributed by atoms with Gasteiger partial charge in [-0.1, -0.05) is 12.1 Å². The van der Waals surface area contributed by atoms with Crippen LogP contribution in [0.15, 0.2) is 24.3 Å². The van der Waals surface area contributed by atoms with Gasteiger partial charge in [0.2, 0.25) is 0 Å². The summed E-state index contributed by atoms with van der Waals surface area (Å²) in [6, 6.07) is 7.44. The first-order valence-corrected chi connectivity index (χ1v) is 7.59. The van der Waals surface area contributed by atoms with Crippen molar-refractivity contribution in [3.05, 3.63) is 29.8 Å². The second-order valence-corrected chi connectivity index (χ2v) is 5.13. The lowest BCUT2D eigenvalue weighted by Crippen LogP contribution is -2.49. The maximum atomic E-state index is 12.6. The van der Waals surface area contributed by atoms with E-state index in [2.05, 4.69) is 4.90 Å². The fourth-order valence-corrected chi connectivity index (χ4v) is 2.63. The number of para-hydroxylation sites is 1. The van der Waals surface area contributed by atoms with Crippen molar-refractivity contribution < 1.29 is 9.53 Å². The van der Waals surface area contributed by atoms with Crippen LogP contribution >= 0.6 is 11.6 Å². The van der Waals surface area contributed by atoms with Crippen LogP contribution in [0, 0.1) is 0 Å². The molecule has 0 atom stereocenters. The van der Waals surface area contributed by atoms with Crippen molar-refractivity contribution in [2.75, 3.05) is 45.2 Å². The zero-order chi connectivity index (χ0) is 14.4. The van der Waals surface area contributed by atoms with Crippen LogP contribution in [-0.2, 0) is 0 Å². The van der Waals surface area contributed by atoms with Gasteiger partial charge in [-0.25, -0.2) is 0 Å². The number of hydrogen-bond acceptors (Lipinski definition) is 3. The van der Waals surface area contributed by atoms with Crippen LogP contribution in [0.5, 0.6) is 5.75 Å². The molecule has 1 aliphatic rings. The molecule has 0 spiro atoms. The fourth-order valence-electron chi connectivity index (χ4n) is 2.39. The molecule has 20 heavy (non-hydrogen) atoms. The first-order valence-electron chi connectivity index (χ1n) is 7.05. The maximum Gasteiger partial charge on any atom is 0.257 e. The molecule has 1 aliphatic heterocycles. The standard InChI is InChI=1S/C15H21ClN2O2/c1-2-20-14-6-4-3-5-13(14)15(19)18-11-9-17(8-7-16)10-12-18/h3-6H,2,7-12H2,1H3. The topological polar surface area (TPSA) is 32.8 Å². The summed E-state index contributed by atoms with van der Waals surface area (Å²) in [6.07, 6.45) is 0. The monoisotopic (exact) mass is 296 g/mol. The molecule has 2 rings (SSSR count). The highest BCUT2D eigenvalue weighted by Gasteiger charge is 2.23. The number of piperazine rings is 1. The summed E-state index contributed by atoms with van der Waals surface area (Å²) >= 11 is 5.75. The van der Waals surface area contributed by atoms with Crippen LogP contribution in [0.2, 0.25) is 0 Å². The molecular formula is C15H21ClN2O2. The Morgan fingerprint density at radius 1 is 1.25 bits per heavy atom. The van der Waals surface area contributed by atoms with Gasteiger partial charge >= 0.3 is 0 Å². The molecule has 0 unspecified atom stereocenters. The Morgan fingerprint density at radius 2 is 1.95 bits per heavy atom. The first-order chi connectivity index (χ1) is 9.76. The summed E-state index contributed by atoms with van der Waals surface area (Å²) < 4.78 is 5.53. The number of hydrogen-bond donors (Lipinski definition) is 0. The average Bonchev–Trinajstić information content (AvgIpc) is 2.49. The summed E-state index contributed by atoms with van der Waals surface area (Å²) in [5.74, 6) is 1.36. The Hall–Kier alpha value is -1.26. The van der Waals surface area contributed by atoms with Gasteiger partial charge in [-0.3, -0.25) is 9.69 Å². The number of amides is 1. The van der Waals surface area contributed by atoms with E-state index in [1.807, 2.05) is 36.1 Å². The predicted octanol–water partition coefficient (Wildman–Crippen LogP) is 2.08. The number of carbonyl (C=O) groups excluding carboxylic acids is 1. The molecule has 0 aliphatic carbocycles. The quantitative estimate of drug-likeness (QED) is 0.780. The van der Waals surface area contributed by atoms with Gasteiger partial charge in [0.15, 0.2) is 0 Å². The zero-order valence-electron chi connectivity index (χ0n) is 11.8. The van der Waals surface area contributed by atoms with Crippen molar-refractivity contribution in [3.63, 3.8) is 0 Å². The minimum Gasteiger partial charge on any atom is -0.493 e. The molecule has 1 aromatic rings. The summed E-state index contributed by atoms with van der Waals surface area (Å²) in [4.78, 5) is 16.7. The van der Waals surface area contributed by atoms with E-state index in [9.17, 15) is 4.79 Å². The average molecular weight is 297 g/mol. The van der Waals surface area contributed by atoms with E-state index >= 15 is 0 Å². The van der Waals surface area contributed by atoms with Crippen LogP contribution in [-0.4, -0.2) is 60.9 Å². The molecule has 1 fully saturated rings. The van der Waals surface area contributed by atoms with Crippen molar-refractivity contribution in [1.82, 2.24) is 9.80 Å². The molecule has 0 radical (unpaired) electrons. The number of nitrogens with zero attached hydrogens (tertiary/aromatic N) is 2. The number of ether oxygens (including phenoxy) is 1. The van der Waals surface area contributed by atoms with Gasteiger partial charge in [-0.2, -0.15) is 0 Å². The van der Waals surface area contributed by atoms with E-state index in [0.717, 1.165) is 32.7 Å². The van der Waals surface area contributed by atoms with Crippen LogP contribution in [0.25, 0.3) is 0 Å². The molecule has 0 bridgehead atoms. The molecule has 0 N–H and O–H groups in total. The molecule has 0 saturated carbocycles. The highest BCUT2D eigenvalue weighted by Crippen LogP contribution is 2.20. The normalized spacial score (nSPS) is 16.2. The minimum atomic E-state index is 0.0552. The Bertz CT molecular complexity index is 445. The molecule has 4 nitrogen and oxygen atoms in total. The second kappa shape index (κ2) is 7.50. The third kappa shape index (κ3) is 3.64. The van der Waals surface area contributed by atoms with Crippen molar-refractivity contribution in [3.8, 4) is 5.75 Å². The third-order valence-electron chi connectivity index (χ3n) is 3.48. The van der Waals surface area contributed by atoms with Crippen molar-refractivity contribution in [2.45, 2.75) is 6.92 Å². The number of benzene rings is 1. The van der Waals surface area contributed by atoms with E-state index in [1.54, 1.807) is 0 Å². The summed E-state index contributed by atoms with van der Waals surface area (Å²) in [5.41, 5.74) is 0.653. The van der Waals surface area contributed by atoms with E-state index in [4.69, 9.17) is 16.3 Å². The highest BCUT2D eigenvalue weighted by molar-refractivity contribution is 6.18. The lowest BCUT2D eigenvalue weighted by atomic mass is 10.1. The summed E-state index contributed by atoms with van der Waals surface area (Å²) in [7, 11) is 0. The molecule has 0 aromatic heterocycles. The van der Waals surface area contributed by atoms with Crippen LogP contribution < -0.4 is 4.74 Å². The molecule has 5 heteroatoms. The van der Waals surface area contributed by atoms with Crippen molar-refractivity contribution >= 4 is 17.5 Å². The van der Waals surface area contributed by atoms with Gasteiger partial charge in [-0.15, -0.1) is 11.6 Å². The second-order valence-electron chi connectivity index (χ2n) is 4.75. The molecule has 1 heterocycles. The smallest absolute Gasteiger partial charge is 0.257 e. The summed E-state index contributed by atoms with van der Waals surface area (Å²) in [5, 5.41) is 0. The number of carbonyl (C=O) groups is 1. The number of halogens is 1. The molecular weight excluding hydrogens is 276 g/mol. The van der Waals surface area contributed by atoms with Gasteiger partial charge in [-0.05, 0) is 19.1 Å². The van der Waals surface area contributed by atoms with Crippen molar-refractivity contribution in [1.29, 1.82) is 0 Å². The van der Waals surface area contributed by atoms with Crippen molar-refractivity contribution in [2.24, 2.45) is 0 Å². The molecule has 1 saturated heterocycles. The highest BCUT2D eigenvalue weighted by atomic mass is 35.5. The SMILES string of the molecule is CCOc1ccccc1C(=O)N1CCN(CCCl)CC1. The minimum absolute atomic E-state index is 0.0552. The Labute approximate surface area is 125 Å². The zero-order valence-corrected chi connectivity index (χ0v) is 12.6. The van der Waals surface area contributed by atoms with Crippen LogP contribution in [0.3, 0.4) is 0 Å². The Kier molecular flexibility index (Phi) is 5.68. The first kappa shape index (κ1) is 15.1. The third-order valence-corrected chi connectivity index (χ3v) is 3.65. The predicted molar refractivity (Wildman–Crippen MR) is 80.7 cm³/mol. The van der Waals surface area contributed by atoms with Gasteiger partial charge in [0.05, 0.1) is 12.2 Å². The lowest BCUT2D eigenvalue weighted by molar-refractivity contribution is 0.0640. The fraction of sp³-hybridized carbons (Fsp3) is 0.533. The van der Waals surface area contributed by atoms with E-state index < -0.39 is 0 Å². The van der Waals surface area contributed by atoms with E-state index in [0.29, 0.717) is 23.8 Å². The molecule has 1 amide bonds. The largest absolute Gasteiger partial charge is 0.493 e. The van der Waals surface area contributed by atoms with Crippen LogP contribution in [0.1, 0.15) is 17.3 Å². The van der Waals surface area contributed by atoms with E-state index in [1.165, 1.54) is 0 Å². The van der Waals surface area contributed by atoms with Gasteiger partial charge in [0.1, 0.15) is 5.75 Å². The Balaban J connectivity index is 2.02. The molecule has 1 aromatic carbocycles. The number of rotatable bonds is 5. The Morgan fingerprint density at radius 3 is 2.60 bits per heavy atom. The van der Waals surface area contributed by atoms with Gasteiger partial charge in [0, 0.05) is 38.6 Å². The lowest BCUT2D eigenvalue weighted by Gasteiger charge is -2.34. The van der Waals surface area contributed by atoms with Gasteiger partial charge in [0.25, 0.3) is 5.91 Å². The van der Waals surface area contributed by atoms with E-state index in [-0.39, 0.29) is 5.91 Å². The molecule has 110 valence electrons. The maximum absolute atomic E-state index is 12.6. The van der Waals surface area contributed by atoms with Crippen LogP contribution in [0.4, 0.5) is 0 Å². The van der Waals surface area contributed by atoms with Gasteiger partial charge < -0.3 is 9.64 Å². The summed E-state index contributed by atoms with van der Waals surface area (Å²) in [6.45, 7) is 6.63. The number of alkyl halides is 1.